The lowest BCUT2D eigenvalue weighted by Gasteiger charge is -2.39. The summed E-state index contributed by atoms with van der Waals surface area (Å²) >= 11 is 5.86. The smallest absolute Gasteiger partial charge is 0.321 e. The van der Waals surface area contributed by atoms with Gasteiger partial charge in [-0.2, -0.15) is 9.49 Å². The molecule has 11 heteroatoms. The third-order valence-electron chi connectivity index (χ3n) is 5.52. The quantitative estimate of drug-likeness (QED) is 0.732. The first-order chi connectivity index (χ1) is 13.5. The van der Waals surface area contributed by atoms with Gasteiger partial charge in [-0.25, -0.2) is 18.2 Å². The van der Waals surface area contributed by atoms with Crippen molar-refractivity contribution in [3.05, 3.63) is 35.5 Å². The molecule has 1 aliphatic heterocycles. The first kappa shape index (κ1) is 21.5. The Morgan fingerprint density at radius 2 is 1.97 bits per heavy atom. The van der Waals surface area contributed by atoms with E-state index in [1.807, 2.05) is 0 Å². The van der Waals surface area contributed by atoms with Crippen LogP contribution in [0.25, 0.3) is 0 Å². The molecule has 1 N–H and O–H groups in total. The molecule has 2 amide bonds. The summed E-state index contributed by atoms with van der Waals surface area (Å²) in [6.07, 6.45) is 2.31. The van der Waals surface area contributed by atoms with Crippen LogP contribution in [0.4, 0.5) is 14.9 Å². The zero-order chi connectivity index (χ0) is 21.4. The summed E-state index contributed by atoms with van der Waals surface area (Å²) in [7, 11) is -2.14. The number of amides is 2. The van der Waals surface area contributed by atoms with Crippen molar-refractivity contribution < 1.29 is 17.6 Å². The van der Waals surface area contributed by atoms with Gasteiger partial charge in [0, 0.05) is 26.2 Å². The van der Waals surface area contributed by atoms with Crippen molar-refractivity contribution in [2.75, 3.05) is 18.4 Å². The van der Waals surface area contributed by atoms with Gasteiger partial charge in [-0.1, -0.05) is 11.6 Å². The minimum absolute atomic E-state index is 0.0801. The van der Waals surface area contributed by atoms with Gasteiger partial charge in [-0.05, 0) is 44.7 Å². The molecule has 0 unspecified atom stereocenters. The minimum atomic E-state index is -3.69. The van der Waals surface area contributed by atoms with E-state index >= 15 is 0 Å². The van der Waals surface area contributed by atoms with E-state index in [1.54, 1.807) is 25.8 Å². The Hall–Kier alpha value is -2.20. The second-order valence-corrected chi connectivity index (χ2v) is 10.5. The lowest BCUT2D eigenvalue weighted by molar-refractivity contribution is 0.171. The van der Waals surface area contributed by atoms with Crippen LogP contribution in [0.3, 0.4) is 0 Å². The molecule has 1 aliphatic rings. The van der Waals surface area contributed by atoms with E-state index in [-0.39, 0.29) is 22.1 Å². The summed E-state index contributed by atoms with van der Waals surface area (Å²) in [5.74, 6) is -0.764. The summed E-state index contributed by atoms with van der Waals surface area (Å²) in [4.78, 5) is 17.5. The van der Waals surface area contributed by atoms with E-state index in [9.17, 15) is 17.6 Å². The van der Waals surface area contributed by atoms with E-state index in [4.69, 9.17) is 11.6 Å². The van der Waals surface area contributed by atoms with Gasteiger partial charge < -0.3 is 10.2 Å². The van der Waals surface area contributed by atoms with Crippen LogP contribution in [0.1, 0.15) is 26.7 Å². The highest BCUT2D eigenvalue weighted by molar-refractivity contribution is 7.92. The van der Waals surface area contributed by atoms with Crippen molar-refractivity contribution >= 4 is 33.2 Å². The molecule has 0 aromatic carbocycles. The Morgan fingerprint density at radius 1 is 1.31 bits per heavy atom. The first-order valence-corrected chi connectivity index (χ1v) is 11.0. The zero-order valence-electron chi connectivity index (χ0n) is 16.4. The molecular formula is C18H23ClFN5O3S. The molecule has 0 bridgehead atoms. The van der Waals surface area contributed by atoms with Gasteiger partial charge in [-0.3, -0.25) is 4.68 Å². The molecule has 1 fully saturated rings. The van der Waals surface area contributed by atoms with Crippen LogP contribution in [0.15, 0.2) is 29.4 Å². The lowest BCUT2D eigenvalue weighted by Crippen LogP contribution is -2.48. The fourth-order valence-corrected chi connectivity index (χ4v) is 5.74. The van der Waals surface area contributed by atoms with Crippen molar-refractivity contribution in [3.63, 3.8) is 0 Å². The van der Waals surface area contributed by atoms with Crippen LogP contribution in [0.5, 0.6) is 0 Å². The highest BCUT2D eigenvalue weighted by Gasteiger charge is 2.45. The van der Waals surface area contributed by atoms with E-state index < -0.39 is 20.5 Å². The molecule has 0 saturated carbocycles. The number of anilines is 1. The van der Waals surface area contributed by atoms with Crippen LogP contribution in [-0.2, 0) is 16.9 Å². The average molecular weight is 444 g/mol. The summed E-state index contributed by atoms with van der Waals surface area (Å²) in [6, 6.07) is 3.63. The van der Waals surface area contributed by atoms with Crippen molar-refractivity contribution in [2.45, 2.75) is 36.5 Å². The van der Waals surface area contributed by atoms with Gasteiger partial charge in [0.2, 0.25) is 15.8 Å². The standard InChI is InChI=1S/C18H23ClFN5O3S/c1-18(2,29(27,28)16-10-14(19)23-24(16)3)12-6-8-25(9-7-12)17(26)22-13-4-5-15(20)21-11-13/h4-5,10-12H,6-9H2,1-3H3,(H,22,26). The monoisotopic (exact) mass is 443 g/mol. The molecule has 3 rings (SSSR count). The average Bonchev–Trinajstić information content (AvgIpc) is 3.02. The number of aromatic nitrogens is 3. The minimum Gasteiger partial charge on any atom is -0.325 e. The SMILES string of the molecule is Cn1nc(Cl)cc1S(=O)(=O)C(C)(C)C1CCN(C(=O)Nc2ccc(F)nc2)CC1. The van der Waals surface area contributed by atoms with Crippen molar-refractivity contribution in [1.82, 2.24) is 19.7 Å². The third kappa shape index (κ3) is 4.23. The van der Waals surface area contributed by atoms with Crippen LogP contribution in [0.2, 0.25) is 5.15 Å². The van der Waals surface area contributed by atoms with Crippen LogP contribution in [0, 0.1) is 11.9 Å². The number of hydrogen-bond acceptors (Lipinski definition) is 5. The molecule has 0 radical (unpaired) electrons. The molecule has 8 nitrogen and oxygen atoms in total. The van der Waals surface area contributed by atoms with Crippen LogP contribution >= 0.6 is 11.6 Å². The first-order valence-electron chi connectivity index (χ1n) is 9.14. The maximum Gasteiger partial charge on any atom is 0.321 e. The summed E-state index contributed by atoms with van der Waals surface area (Å²) < 4.78 is 39.6. The fourth-order valence-electron chi connectivity index (χ4n) is 3.59. The number of carbonyl (C=O) groups is 1. The van der Waals surface area contributed by atoms with Crippen LogP contribution < -0.4 is 5.32 Å². The normalized spacial score (nSPS) is 16.1. The maximum atomic E-state index is 13.2. The predicted octanol–water partition coefficient (Wildman–Crippen LogP) is 3.10. The Morgan fingerprint density at radius 3 is 2.48 bits per heavy atom. The number of sulfone groups is 1. The molecular weight excluding hydrogens is 421 g/mol. The fraction of sp³-hybridized carbons (Fsp3) is 0.500. The van der Waals surface area contributed by atoms with E-state index in [2.05, 4.69) is 15.4 Å². The van der Waals surface area contributed by atoms with E-state index in [0.29, 0.717) is 31.6 Å². The molecule has 3 heterocycles. The third-order valence-corrected chi connectivity index (χ3v) is 8.35. The van der Waals surface area contributed by atoms with Gasteiger partial charge in [0.05, 0.1) is 16.6 Å². The summed E-state index contributed by atoms with van der Waals surface area (Å²) in [5, 5.41) is 6.81. The van der Waals surface area contributed by atoms with E-state index in [1.165, 1.54) is 29.1 Å². The zero-order valence-corrected chi connectivity index (χ0v) is 18.0. The second kappa shape index (κ2) is 7.91. The number of carbonyl (C=O) groups excluding carboxylic acids is 1. The highest BCUT2D eigenvalue weighted by atomic mass is 35.5. The number of likely N-dealkylation sites (tertiary alicyclic amines) is 1. The predicted molar refractivity (Wildman–Crippen MR) is 107 cm³/mol. The molecule has 2 aromatic rings. The van der Waals surface area contributed by atoms with Crippen LogP contribution in [-0.4, -0.2) is 51.9 Å². The van der Waals surface area contributed by atoms with Crippen molar-refractivity contribution in [3.8, 4) is 0 Å². The number of pyridine rings is 1. The van der Waals surface area contributed by atoms with Gasteiger partial charge >= 0.3 is 6.03 Å². The number of halogens is 2. The topological polar surface area (TPSA) is 97.2 Å². The Balaban J connectivity index is 1.66. The van der Waals surface area contributed by atoms with Crippen molar-refractivity contribution in [2.24, 2.45) is 13.0 Å². The maximum absolute atomic E-state index is 13.2. The number of piperidine rings is 1. The Labute approximate surface area is 174 Å². The molecule has 29 heavy (non-hydrogen) atoms. The van der Waals surface area contributed by atoms with Gasteiger partial charge in [0.1, 0.15) is 0 Å². The highest BCUT2D eigenvalue weighted by Crippen LogP contribution is 2.38. The molecule has 0 aliphatic carbocycles. The number of aryl methyl sites for hydroxylation is 1. The van der Waals surface area contributed by atoms with Gasteiger partial charge in [0.15, 0.2) is 10.2 Å². The Kier molecular flexibility index (Phi) is 5.86. The number of hydrogen-bond donors (Lipinski definition) is 1. The largest absolute Gasteiger partial charge is 0.325 e. The number of rotatable bonds is 4. The van der Waals surface area contributed by atoms with Gasteiger partial charge in [0.25, 0.3) is 0 Å². The molecule has 2 aromatic heterocycles. The summed E-state index contributed by atoms with van der Waals surface area (Å²) in [5.41, 5.74) is 0.398. The second-order valence-electron chi connectivity index (χ2n) is 7.60. The van der Waals surface area contributed by atoms with Crippen molar-refractivity contribution in [1.29, 1.82) is 0 Å². The number of nitrogens with one attached hydrogen (secondary N) is 1. The molecule has 0 atom stereocenters. The number of urea groups is 1. The lowest BCUT2D eigenvalue weighted by atomic mass is 9.86. The van der Waals surface area contributed by atoms with Gasteiger partial charge in [-0.15, -0.1) is 0 Å². The summed E-state index contributed by atoms with van der Waals surface area (Å²) in [6.45, 7) is 4.23. The number of nitrogens with zero attached hydrogens (tertiary/aromatic N) is 4. The van der Waals surface area contributed by atoms with E-state index in [0.717, 1.165) is 0 Å². The molecule has 0 spiro atoms. The Bertz CT molecular complexity index is 999. The molecule has 1 saturated heterocycles. The molecule has 158 valence electrons.